The summed E-state index contributed by atoms with van der Waals surface area (Å²) in [5.74, 6) is 0.242. The normalized spacial score (nSPS) is 25.8. The molecule has 1 aromatic rings. The highest BCUT2D eigenvalue weighted by molar-refractivity contribution is 6.18. The molecule has 16 heavy (non-hydrogen) atoms. The number of aromatic nitrogens is 3. The Morgan fingerprint density at radius 3 is 3.19 bits per heavy atom. The number of nitrogens with zero attached hydrogens (tertiary/aromatic N) is 3. The van der Waals surface area contributed by atoms with E-state index >= 15 is 0 Å². The molecule has 0 aromatic carbocycles. The number of carbonyl (C=O) groups excluding carboxylic acids is 1. The van der Waals surface area contributed by atoms with Crippen molar-refractivity contribution in [1.29, 1.82) is 0 Å². The van der Waals surface area contributed by atoms with Gasteiger partial charge in [0.05, 0.1) is 24.3 Å². The molecule has 0 bridgehead atoms. The number of H-pyrrole nitrogens is 1. The molecule has 1 saturated heterocycles. The maximum atomic E-state index is 12.0. The van der Waals surface area contributed by atoms with Crippen molar-refractivity contribution in [2.24, 2.45) is 0 Å². The van der Waals surface area contributed by atoms with Crippen LogP contribution in [-0.2, 0) is 4.74 Å². The van der Waals surface area contributed by atoms with Gasteiger partial charge in [-0.25, -0.2) is 0 Å². The molecular weight excluding hydrogens is 232 g/mol. The zero-order valence-corrected chi connectivity index (χ0v) is 9.65. The first-order valence-electron chi connectivity index (χ1n) is 5.07. The van der Waals surface area contributed by atoms with E-state index in [4.69, 9.17) is 16.3 Å². The van der Waals surface area contributed by atoms with Gasteiger partial charge in [0.1, 0.15) is 0 Å². The number of aromatic amines is 1. The van der Waals surface area contributed by atoms with E-state index in [2.05, 4.69) is 15.4 Å². The van der Waals surface area contributed by atoms with E-state index in [1.165, 1.54) is 6.20 Å². The number of carbonyl (C=O) groups is 1. The Morgan fingerprint density at radius 2 is 2.56 bits per heavy atom. The molecule has 0 radical (unpaired) electrons. The predicted molar refractivity (Wildman–Crippen MR) is 57.3 cm³/mol. The van der Waals surface area contributed by atoms with Crippen LogP contribution in [0.15, 0.2) is 6.20 Å². The second kappa shape index (κ2) is 4.80. The van der Waals surface area contributed by atoms with Crippen molar-refractivity contribution in [2.45, 2.75) is 19.1 Å². The number of morpholine rings is 1. The smallest absolute Gasteiger partial charge is 0.276 e. The number of amides is 1. The van der Waals surface area contributed by atoms with Gasteiger partial charge >= 0.3 is 0 Å². The van der Waals surface area contributed by atoms with Crippen LogP contribution in [0.1, 0.15) is 17.4 Å². The zero-order valence-electron chi connectivity index (χ0n) is 8.89. The van der Waals surface area contributed by atoms with Gasteiger partial charge in [0, 0.05) is 13.1 Å². The fourth-order valence-electron chi connectivity index (χ4n) is 1.76. The van der Waals surface area contributed by atoms with Gasteiger partial charge in [-0.2, -0.15) is 15.4 Å². The maximum absolute atomic E-state index is 12.0. The number of hydrogen-bond acceptors (Lipinski definition) is 4. The summed E-state index contributed by atoms with van der Waals surface area (Å²) in [6.07, 6.45) is 1.30. The van der Waals surface area contributed by atoms with Crippen molar-refractivity contribution >= 4 is 17.5 Å². The first kappa shape index (κ1) is 11.3. The van der Waals surface area contributed by atoms with Crippen LogP contribution in [0, 0.1) is 0 Å². The summed E-state index contributed by atoms with van der Waals surface area (Å²) in [5.41, 5.74) is 0.322. The van der Waals surface area contributed by atoms with Gasteiger partial charge in [-0.1, -0.05) is 0 Å². The van der Waals surface area contributed by atoms with Gasteiger partial charge in [-0.15, -0.1) is 11.6 Å². The predicted octanol–water partition coefficient (Wildman–Crippen LogP) is 0.273. The molecule has 1 fully saturated rings. The Balaban J connectivity index is 2.06. The maximum Gasteiger partial charge on any atom is 0.276 e. The number of halogens is 1. The summed E-state index contributed by atoms with van der Waals surface area (Å²) in [4.78, 5) is 13.7. The Hall–Kier alpha value is -1.14. The number of rotatable bonds is 2. The molecule has 0 spiro atoms. The van der Waals surface area contributed by atoms with Crippen molar-refractivity contribution < 1.29 is 9.53 Å². The molecule has 0 aliphatic carbocycles. The van der Waals surface area contributed by atoms with E-state index in [9.17, 15) is 4.79 Å². The fourth-order valence-corrected chi connectivity index (χ4v) is 1.93. The van der Waals surface area contributed by atoms with E-state index in [0.717, 1.165) is 0 Å². The topological polar surface area (TPSA) is 71.1 Å². The minimum absolute atomic E-state index is 0.00616. The third-order valence-corrected chi connectivity index (χ3v) is 2.76. The van der Waals surface area contributed by atoms with Gasteiger partial charge in [0.2, 0.25) is 0 Å². The van der Waals surface area contributed by atoms with Crippen molar-refractivity contribution in [3.05, 3.63) is 11.9 Å². The average Bonchev–Trinajstić information content (AvgIpc) is 2.80. The van der Waals surface area contributed by atoms with Gasteiger partial charge < -0.3 is 9.64 Å². The molecule has 88 valence electrons. The number of nitrogens with one attached hydrogen (secondary N) is 1. The van der Waals surface area contributed by atoms with Crippen LogP contribution in [0.3, 0.4) is 0 Å². The molecule has 1 amide bonds. The van der Waals surface area contributed by atoms with Gasteiger partial charge in [0.25, 0.3) is 5.91 Å². The van der Waals surface area contributed by atoms with Gasteiger partial charge in [-0.05, 0) is 6.92 Å². The first-order chi connectivity index (χ1) is 7.70. The zero-order chi connectivity index (χ0) is 11.5. The van der Waals surface area contributed by atoms with Crippen LogP contribution in [0.2, 0.25) is 0 Å². The summed E-state index contributed by atoms with van der Waals surface area (Å²) < 4.78 is 5.56. The highest BCUT2D eigenvalue weighted by Gasteiger charge is 2.29. The summed E-state index contributed by atoms with van der Waals surface area (Å²) in [6, 6.07) is 0. The molecular formula is C9H13ClN4O2. The van der Waals surface area contributed by atoms with E-state index in [1.54, 1.807) is 4.90 Å². The van der Waals surface area contributed by atoms with E-state index in [1.807, 2.05) is 6.92 Å². The van der Waals surface area contributed by atoms with Gasteiger partial charge in [0.15, 0.2) is 5.69 Å². The Labute approximate surface area is 97.9 Å². The average molecular weight is 245 g/mol. The van der Waals surface area contributed by atoms with Crippen LogP contribution in [0.25, 0.3) is 0 Å². The van der Waals surface area contributed by atoms with Gasteiger partial charge in [-0.3, -0.25) is 4.79 Å². The third kappa shape index (κ3) is 2.33. The summed E-state index contributed by atoms with van der Waals surface area (Å²) >= 11 is 5.74. The van der Waals surface area contributed by atoms with Crippen LogP contribution < -0.4 is 0 Å². The van der Waals surface area contributed by atoms with Crippen LogP contribution in [-0.4, -0.2) is 57.4 Å². The highest BCUT2D eigenvalue weighted by Crippen LogP contribution is 2.14. The highest BCUT2D eigenvalue weighted by atomic mass is 35.5. The van der Waals surface area contributed by atoms with E-state index < -0.39 is 0 Å². The molecule has 2 atom stereocenters. The monoisotopic (exact) mass is 244 g/mol. The van der Waals surface area contributed by atoms with E-state index in [-0.39, 0.29) is 18.1 Å². The van der Waals surface area contributed by atoms with Crippen LogP contribution in [0.5, 0.6) is 0 Å². The van der Waals surface area contributed by atoms with Crippen molar-refractivity contribution in [3.8, 4) is 0 Å². The quantitative estimate of drug-likeness (QED) is 0.759. The molecule has 1 aliphatic heterocycles. The third-order valence-electron chi connectivity index (χ3n) is 2.42. The molecule has 6 nitrogen and oxygen atoms in total. The second-order valence-electron chi connectivity index (χ2n) is 3.79. The Morgan fingerprint density at radius 1 is 1.75 bits per heavy atom. The molecule has 2 heterocycles. The molecule has 0 saturated carbocycles. The molecule has 2 unspecified atom stereocenters. The standard InChI is InChI=1S/C9H13ClN4O2/c1-6-4-14(5-7(2-10)16-6)9(15)8-3-11-13-12-8/h3,6-7H,2,4-5H2,1H3,(H,11,12,13). The minimum atomic E-state index is -0.140. The van der Waals surface area contributed by atoms with Crippen LogP contribution in [0.4, 0.5) is 0 Å². The number of hydrogen-bond donors (Lipinski definition) is 1. The van der Waals surface area contributed by atoms with Crippen molar-refractivity contribution in [3.63, 3.8) is 0 Å². The fraction of sp³-hybridized carbons (Fsp3) is 0.667. The van der Waals surface area contributed by atoms with Crippen molar-refractivity contribution in [2.75, 3.05) is 19.0 Å². The lowest BCUT2D eigenvalue weighted by Crippen LogP contribution is -2.49. The lowest BCUT2D eigenvalue weighted by Gasteiger charge is -2.35. The molecule has 7 heteroatoms. The molecule has 1 aromatic heterocycles. The minimum Gasteiger partial charge on any atom is -0.370 e. The Kier molecular flexibility index (Phi) is 3.40. The molecule has 2 rings (SSSR count). The number of ether oxygens (including phenoxy) is 1. The summed E-state index contributed by atoms with van der Waals surface area (Å²) in [5, 5.41) is 9.80. The molecule has 1 aliphatic rings. The number of alkyl halides is 1. The SMILES string of the molecule is CC1CN(C(=O)c2cn[nH]n2)CC(CCl)O1. The summed E-state index contributed by atoms with van der Waals surface area (Å²) in [7, 11) is 0. The van der Waals surface area contributed by atoms with Crippen molar-refractivity contribution in [1.82, 2.24) is 20.3 Å². The first-order valence-corrected chi connectivity index (χ1v) is 5.60. The lowest BCUT2D eigenvalue weighted by atomic mass is 10.2. The largest absolute Gasteiger partial charge is 0.370 e. The second-order valence-corrected chi connectivity index (χ2v) is 4.10. The lowest BCUT2D eigenvalue weighted by molar-refractivity contribution is -0.0571. The van der Waals surface area contributed by atoms with E-state index in [0.29, 0.717) is 24.7 Å². The van der Waals surface area contributed by atoms with Crippen LogP contribution >= 0.6 is 11.6 Å². The Bertz CT molecular complexity index is 356. The molecule has 1 N–H and O–H groups in total. The summed E-state index contributed by atoms with van der Waals surface area (Å²) in [6.45, 7) is 2.97.